The van der Waals surface area contributed by atoms with E-state index in [-0.39, 0.29) is 11.8 Å². The van der Waals surface area contributed by atoms with Crippen LogP contribution in [0, 0.1) is 0 Å². The zero-order valence-electron chi connectivity index (χ0n) is 15.9. The molecule has 4 nitrogen and oxygen atoms in total. The number of carbonyl (C=O) groups excluding carboxylic acids is 2. The zero-order valence-corrected chi connectivity index (χ0v) is 15.9. The van der Waals surface area contributed by atoms with Crippen molar-refractivity contribution in [3.05, 3.63) is 35.4 Å². The average molecular weight is 357 g/mol. The van der Waals surface area contributed by atoms with Gasteiger partial charge in [-0.15, -0.1) is 0 Å². The van der Waals surface area contributed by atoms with Gasteiger partial charge >= 0.3 is 0 Å². The zero-order chi connectivity index (χ0) is 18.2. The minimum Gasteiger partial charge on any atom is -0.339 e. The predicted octanol–water partition coefficient (Wildman–Crippen LogP) is 4.50. The molecule has 2 aliphatic rings. The average Bonchev–Trinajstić information content (AvgIpc) is 2.60. The Balaban J connectivity index is 1.63. The fourth-order valence-corrected chi connectivity index (χ4v) is 4.02. The van der Waals surface area contributed by atoms with E-state index in [0.717, 1.165) is 51.9 Å². The molecule has 0 unspecified atom stereocenters. The second kappa shape index (κ2) is 9.75. The van der Waals surface area contributed by atoms with Gasteiger partial charge in [-0.25, -0.2) is 0 Å². The van der Waals surface area contributed by atoms with Gasteiger partial charge in [-0.05, 0) is 49.9 Å². The Labute approximate surface area is 157 Å². The van der Waals surface area contributed by atoms with E-state index in [4.69, 9.17) is 0 Å². The van der Waals surface area contributed by atoms with Crippen LogP contribution < -0.4 is 0 Å². The number of rotatable bonds is 2. The number of carbonyl (C=O) groups is 2. The lowest BCUT2D eigenvalue weighted by Gasteiger charge is -2.26. The Bertz CT molecular complexity index is 528. The Morgan fingerprint density at radius 2 is 0.769 bits per heavy atom. The van der Waals surface area contributed by atoms with E-state index in [2.05, 4.69) is 0 Å². The summed E-state index contributed by atoms with van der Waals surface area (Å²) in [5.41, 5.74) is 1.41. The molecule has 1 aromatic carbocycles. The minimum absolute atomic E-state index is 0.108. The maximum Gasteiger partial charge on any atom is 0.253 e. The van der Waals surface area contributed by atoms with E-state index < -0.39 is 0 Å². The SMILES string of the molecule is O=C(c1ccc(C(=O)N2CCCCCCC2)cc1)N1CCCCCCC1. The van der Waals surface area contributed by atoms with Crippen molar-refractivity contribution in [2.75, 3.05) is 26.2 Å². The monoisotopic (exact) mass is 356 g/mol. The molecule has 0 radical (unpaired) electrons. The second-order valence-corrected chi connectivity index (χ2v) is 7.70. The third-order valence-corrected chi connectivity index (χ3v) is 5.67. The van der Waals surface area contributed by atoms with E-state index in [1.807, 2.05) is 34.1 Å². The van der Waals surface area contributed by atoms with E-state index in [9.17, 15) is 9.59 Å². The molecule has 0 aliphatic carbocycles. The number of amides is 2. The highest BCUT2D eigenvalue weighted by atomic mass is 16.2. The summed E-state index contributed by atoms with van der Waals surface area (Å²) in [6, 6.07) is 7.33. The summed E-state index contributed by atoms with van der Waals surface area (Å²) in [5, 5.41) is 0. The van der Waals surface area contributed by atoms with Gasteiger partial charge in [-0.2, -0.15) is 0 Å². The van der Waals surface area contributed by atoms with Gasteiger partial charge in [0.1, 0.15) is 0 Å². The van der Waals surface area contributed by atoms with Crippen molar-refractivity contribution in [2.24, 2.45) is 0 Å². The topological polar surface area (TPSA) is 40.6 Å². The molecule has 4 heteroatoms. The van der Waals surface area contributed by atoms with Crippen molar-refractivity contribution in [3.63, 3.8) is 0 Å². The maximum atomic E-state index is 12.8. The summed E-state index contributed by atoms with van der Waals surface area (Å²) >= 11 is 0. The Morgan fingerprint density at radius 1 is 0.500 bits per heavy atom. The van der Waals surface area contributed by atoms with Crippen molar-refractivity contribution in [3.8, 4) is 0 Å². The smallest absolute Gasteiger partial charge is 0.253 e. The molecule has 0 saturated carbocycles. The van der Waals surface area contributed by atoms with Gasteiger partial charge in [-0.1, -0.05) is 38.5 Å². The van der Waals surface area contributed by atoms with Crippen LogP contribution in [0.2, 0.25) is 0 Å². The summed E-state index contributed by atoms with van der Waals surface area (Å²) in [4.78, 5) is 29.5. The lowest BCUT2D eigenvalue weighted by atomic mass is 10.1. The number of benzene rings is 1. The van der Waals surface area contributed by atoms with E-state index in [1.54, 1.807) is 0 Å². The number of hydrogen-bond donors (Lipinski definition) is 0. The van der Waals surface area contributed by atoms with Crippen LogP contribution >= 0.6 is 0 Å². The highest BCUT2D eigenvalue weighted by molar-refractivity contribution is 5.97. The van der Waals surface area contributed by atoms with Crippen molar-refractivity contribution < 1.29 is 9.59 Å². The standard InChI is InChI=1S/C22H32N2O2/c25-21(23-15-7-3-1-4-8-16-23)19-11-13-20(14-12-19)22(26)24-17-9-5-2-6-10-18-24/h11-14H,1-10,15-18H2. The minimum atomic E-state index is 0.108. The van der Waals surface area contributed by atoms with Crippen LogP contribution in [-0.4, -0.2) is 47.8 Å². The van der Waals surface area contributed by atoms with Crippen molar-refractivity contribution in [1.29, 1.82) is 0 Å². The first kappa shape index (κ1) is 18.9. The molecular weight excluding hydrogens is 324 g/mol. The largest absolute Gasteiger partial charge is 0.339 e. The van der Waals surface area contributed by atoms with Crippen LogP contribution in [0.15, 0.2) is 24.3 Å². The molecule has 2 amide bonds. The fraction of sp³-hybridized carbons (Fsp3) is 0.636. The first-order chi connectivity index (χ1) is 12.8. The van der Waals surface area contributed by atoms with Crippen LogP contribution in [-0.2, 0) is 0 Å². The highest BCUT2D eigenvalue weighted by Gasteiger charge is 2.19. The lowest BCUT2D eigenvalue weighted by Crippen LogP contribution is -2.34. The molecular formula is C22H32N2O2. The summed E-state index contributed by atoms with van der Waals surface area (Å²) in [5.74, 6) is 0.217. The number of likely N-dealkylation sites (tertiary alicyclic amines) is 2. The third kappa shape index (κ3) is 5.09. The number of nitrogens with zero attached hydrogens (tertiary/aromatic N) is 2. The first-order valence-corrected chi connectivity index (χ1v) is 10.4. The van der Waals surface area contributed by atoms with Crippen LogP contribution in [0.3, 0.4) is 0 Å². The Hall–Kier alpha value is -1.84. The predicted molar refractivity (Wildman–Crippen MR) is 104 cm³/mol. The van der Waals surface area contributed by atoms with Gasteiger partial charge in [0.05, 0.1) is 0 Å². The van der Waals surface area contributed by atoms with Crippen molar-refractivity contribution in [1.82, 2.24) is 9.80 Å². The van der Waals surface area contributed by atoms with E-state index in [0.29, 0.717) is 11.1 Å². The van der Waals surface area contributed by atoms with Gasteiger partial charge in [0, 0.05) is 37.3 Å². The second-order valence-electron chi connectivity index (χ2n) is 7.70. The highest BCUT2D eigenvalue weighted by Crippen LogP contribution is 2.17. The lowest BCUT2D eigenvalue weighted by molar-refractivity contribution is 0.0730. The van der Waals surface area contributed by atoms with Crippen molar-refractivity contribution in [2.45, 2.75) is 64.2 Å². The third-order valence-electron chi connectivity index (χ3n) is 5.67. The maximum absolute atomic E-state index is 12.8. The van der Waals surface area contributed by atoms with Gasteiger partial charge in [0.15, 0.2) is 0 Å². The molecule has 142 valence electrons. The molecule has 26 heavy (non-hydrogen) atoms. The molecule has 0 atom stereocenters. The summed E-state index contributed by atoms with van der Waals surface area (Å²) < 4.78 is 0. The molecule has 0 bridgehead atoms. The molecule has 2 heterocycles. The molecule has 2 aliphatic heterocycles. The molecule has 2 fully saturated rings. The number of hydrogen-bond acceptors (Lipinski definition) is 2. The Kier molecular flexibility index (Phi) is 7.10. The summed E-state index contributed by atoms with van der Waals surface area (Å²) in [7, 11) is 0. The van der Waals surface area contributed by atoms with Crippen molar-refractivity contribution >= 4 is 11.8 Å². The summed E-state index contributed by atoms with van der Waals surface area (Å²) in [6.07, 6.45) is 11.8. The first-order valence-electron chi connectivity index (χ1n) is 10.4. The van der Waals surface area contributed by atoms with Crippen LogP contribution in [0.25, 0.3) is 0 Å². The van der Waals surface area contributed by atoms with Gasteiger partial charge in [-0.3, -0.25) is 9.59 Å². The van der Waals surface area contributed by atoms with E-state index >= 15 is 0 Å². The van der Waals surface area contributed by atoms with E-state index in [1.165, 1.54) is 38.5 Å². The molecule has 2 saturated heterocycles. The van der Waals surface area contributed by atoms with Gasteiger partial charge in [0.25, 0.3) is 11.8 Å². The molecule has 0 aromatic heterocycles. The van der Waals surface area contributed by atoms with Crippen LogP contribution in [0.4, 0.5) is 0 Å². The van der Waals surface area contributed by atoms with Gasteiger partial charge in [0.2, 0.25) is 0 Å². The van der Waals surface area contributed by atoms with Crippen LogP contribution in [0.5, 0.6) is 0 Å². The summed E-state index contributed by atoms with van der Waals surface area (Å²) in [6.45, 7) is 3.42. The fourth-order valence-electron chi connectivity index (χ4n) is 4.02. The van der Waals surface area contributed by atoms with Crippen LogP contribution in [0.1, 0.15) is 84.9 Å². The molecule has 3 rings (SSSR count). The quantitative estimate of drug-likeness (QED) is 0.783. The molecule has 1 aromatic rings. The molecule has 0 N–H and O–H groups in total. The normalized spacial score (nSPS) is 19.8. The Morgan fingerprint density at radius 3 is 1.08 bits per heavy atom. The molecule has 0 spiro atoms. The van der Waals surface area contributed by atoms with Gasteiger partial charge < -0.3 is 9.80 Å².